The molecule has 1 atom stereocenters. The Balaban J connectivity index is 1.55. The number of aromatic nitrogens is 2. The average Bonchev–Trinajstić information content (AvgIpc) is 3.39. The van der Waals surface area contributed by atoms with Crippen LogP contribution < -0.4 is 10.1 Å². The molecule has 0 spiro atoms. The predicted molar refractivity (Wildman–Crippen MR) is 105 cm³/mol. The first-order valence-electron chi connectivity index (χ1n) is 9.27. The molecule has 144 valence electrons. The number of para-hydroxylation sites is 2. The summed E-state index contributed by atoms with van der Waals surface area (Å²) in [4.78, 5) is 19.1. The maximum atomic E-state index is 12.8. The first kappa shape index (κ1) is 18.0. The van der Waals surface area contributed by atoms with Gasteiger partial charge in [0, 0.05) is 12.2 Å². The van der Waals surface area contributed by atoms with Crippen LogP contribution >= 0.6 is 0 Å². The van der Waals surface area contributed by atoms with Gasteiger partial charge in [0.1, 0.15) is 11.8 Å². The Kier molecular flexibility index (Phi) is 4.97. The van der Waals surface area contributed by atoms with Gasteiger partial charge in [-0.25, -0.2) is 4.79 Å². The van der Waals surface area contributed by atoms with E-state index in [1.165, 1.54) is 0 Å². The molecule has 28 heavy (non-hydrogen) atoms. The Labute approximate surface area is 163 Å². The van der Waals surface area contributed by atoms with Gasteiger partial charge in [0.15, 0.2) is 0 Å². The number of urea groups is 1. The monoisotopic (exact) mass is 378 g/mol. The Morgan fingerprint density at radius 2 is 2.00 bits per heavy atom. The lowest BCUT2D eigenvalue weighted by molar-refractivity contribution is 0.193. The molecule has 0 bridgehead atoms. The van der Waals surface area contributed by atoms with Gasteiger partial charge in [-0.1, -0.05) is 35.5 Å². The molecule has 7 nitrogen and oxygen atoms in total. The Hall–Kier alpha value is -3.35. The fourth-order valence-electron chi connectivity index (χ4n) is 3.48. The molecular weight excluding hydrogens is 356 g/mol. The maximum Gasteiger partial charge on any atom is 0.322 e. The second kappa shape index (κ2) is 7.72. The van der Waals surface area contributed by atoms with Gasteiger partial charge in [-0.2, -0.15) is 4.98 Å². The van der Waals surface area contributed by atoms with E-state index in [-0.39, 0.29) is 12.1 Å². The molecular formula is C21H22N4O3. The van der Waals surface area contributed by atoms with Gasteiger partial charge in [0.05, 0.1) is 12.7 Å². The Bertz CT molecular complexity index is 985. The highest BCUT2D eigenvalue weighted by molar-refractivity contribution is 5.90. The third-order valence-electron chi connectivity index (χ3n) is 4.98. The minimum atomic E-state index is -0.236. The minimum Gasteiger partial charge on any atom is -0.496 e. The first-order chi connectivity index (χ1) is 13.7. The molecule has 0 radical (unpaired) electrons. The van der Waals surface area contributed by atoms with Crippen molar-refractivity contribution in [2.75, 3.05) is 19.0 Å². The van der Waals surface area contributed by atoms with Crippen molar-refractivity contribution >= 4 is 11.7 Å². The minimum absolute atomic E-state index is 0.158. The number of nitrogens with one attached hydrogen (secondary N) is 1. The van der Waals surface area contributed by atoms with Crippen LogP contribution in [0, 0.1) is 6.92 Å². The molecule has 0 saturated carbocycles. The van der Waals surface area contributed by atoms with E-state index in [2.05, 4.69) is 15.5 Å². The Morgan fingerprint density at radius 3 is 2.82 bits per heavy atom. The van der Waals surface area contributed by atoms with Crippen LogP contribution in [0.15, 0.2) is 53.1 Å². The van der Waals surface area contributed by atoms with E-state index in [0.717, 1.165) is 29.7 Å². The smallest absolute Gasteiger partial charge is 0.322 e. The van der Waals surface area contributed by atoms with E-state index >= 15 is 0 Å². The number of rotatable bonds is 4. The molecule has 0 unspecified atom stereocenters. The summed E-state index contributed by atoms with van der Waals surface area (Å²) in [5.41, 5.74) is 2.58. The number of likely N-dealkylation sites (tertiary alicyclic amines) is 1. The van der Waals surface area contributed by atoms with Crippen molar-refractivity contribution in [2.24, 2.45) is 0 Å². The second-order valence-corrected chi connectivity index (χ2v) is 6.75. The van der Waals surface area contributed by atoms with Gasteiger partial charge >= 0.3 is 6.03 Å². The quantitative estimate of drug-likeness (QED) is 0.727. The van der Waals surface area contributed by atoms with E-state index in [4.69, 9.17) is 9.26 Å². The predicted octanol–water partition coefficient (Wildman–Crippen LogP) is 4.42. The van der Waals surface area contributed by atoms with Gasteiger partial charge in [0.25, 0.3) is 0 Å². The van der Waals surface area contributed by atoms with Gasteiger partial charge in [-0.3, -0.25) is 0 Å². The van der Waals surface area contributed by atoms with Crippen LogP contribution in [0.3, 0.4) is 0 Å². The van der Waals surface area contributed by atoms with Crippen LogP contribution in [-0.4, -0.2) is 34.7 Å². The molecule has 1 aliphatic rings. The van der Waals surface area contributed by atoms with Gasteiger partial charge in [0.2, 0.25) is 11.7 Å². The zero-order chi connectivity index (χ0) is 19.5. The van der Waals surface area contributed by atoms with Crippen LogP contribution in [0.25, 0.3) is 11.4 Å². The van der Waals surface area contributed by atoms with Crippen molar-refractivity contribution in [1.82, 2.24) is 15.0 Å². The molecule has 1 fully saturated rings. The number of benzene rings is 2. The number of carbonyl (C=O) groups is 1. The van der Waals surface area contributed by atoms with Crippen LogP contribution in [0.2, 0.25) is 0 Å². The molecule has 1 N–H and O–H groups in total. The summed E-state index contributed by atoms with van der Waals surface area (Å²) in [6.45, 7) is 2.61. The maximum absolute atomic E-state index is 12.8. The number of hydrogen-bond donors (Lipinski definition) is 1. The molecule has 4 rings (SSSR count). The fourth-order valence-corrected chi connectivity index (χ4v) is 3.48. The number of anilines is 1. The van der Waals surface area contributed by atoms with Crippen molar-refractivity contribution in [3.05, 3.63) is 60.0 Å². The zero-order valence-corrected chi connectivity index (χ0v) is 15.9. The lowest BCUT2D eigenvalue weighted by Crippen LogP contribution is -2.34. The van der Waals surface area contributed by atoms with Crippen molar-refractivity contribution in [3.63, 3.8) is 0 Å². The van der Waals surface area contributed by atoms with E-state index in [1.54, 1.807) is 12.0 Å². The summed E-state index contributed by atoms with van der Waals surface area (Å²) in [6.07, 6.45) is 1.67. The van der Waals surface area contributed by atoms with E-state index in [9.17, 15) is 4.79 Å². The number of hydrogen-bond acceptors (Lipinski definition) is 5. The molecule has 1 aliphatic heterocycles. The largest absolute Gasteiger partial charge is 0.496 e. The highest BCUT2D eigenvalue weighted by atomic mass is 16.5. The summed E-state index contributed by atoms with van der Waals surface area (Å²) >= 11 is 0. The summed E-state index contributed by atoms with van der Waals surface area (Å²) in [5, 5.41) is 7.09. The Morgan fingerprint density at radius 1 is 1.21 bits per heavy atom. The first-order valence-corrected chi connectivity index (χ1v) is 9.27. The number of methoxy groups -OCH3 is 1. The number of aryl methyl sites for hydroxylation is 1. The van der Waals surface area contributed by atoms with Crippen LogP contribution in [0.4, 0.5) is 10.5 Å². The lowest BCUT2D eigenvalue weighted by Gasteiger charge is -2.22. The fraction of sp³-hybridized carbons (Fsp3) is 0.286. The van der Waals surface area contributed by atoms with Gasteiger partial charge < -0.3 is 19.5 Å². The van der Waals surface area contributed by atoms with Crippen LogP contribution in [0.1, 0.15) is 30.3 Å². The molecule has 2 heterocycles. The van der Waals surface area contributed by atoms with Gasteiger partial charge in [-0.05, 0) is 43.5 Å². The third-order valence-corrected chi connectivity index (χ3v) is 4.98. The second-order valence-electron chi connectivity index (χ2n) is 6.75. The van der Waals surface area contributed by atoms with Crippen LogP contribution in [0.5, 0.6) is 5.75 Å². The molecule has 1 saturated heterocycles. The molecule has 2 aromatic carbocycles. The normalized spacial score (nSPS) is 16.2. The van der Waals surface area contributed by atoms with Crippen molar-refractivity contribution in [3.8, 4) is 17.1 Å². The standard InChI is InChI=1S/C21H22N4O3/c1-14-8-3-5-10-16(14)22-21(26)25-13-7-11-17(25)20-23-19(24-28-20)15-9-4-6-12-18(15)27-2/h3-6,8-10,12,17H,7,11,13H2,1-2H3,(H,22,26)/t17-/m1/s1. The van der Waals surface area contributed by atoms with Crippen molar-refractivity contribution in [1.29, 1.82) is 0 Å². The number of nitrogens with zero attached hydrogens (tertiary/aromatic N) is 3. The third kappa shape index (κ3) is 3.43. The summed E-state index contributed by atoms with van der Waals surface area (Å²) < 4.78 is 10.9. The van der Waals surface area contributed by atoms with E-state index in [0.29, 0.717) is 24.0 Å². The lowest BCUT2D eigenvalue weighted by atomic mass is 10.2. The summed E-state index contributed by atoms with van der Waals surface area (Å²) in [5.74, 6) is 1.58. The number of amides is 2. The highest BCUT2D eigenvalue weighted by Gasteiger charge is 2.34. The molecule has 2 amide bonds. The summed E-state index contributed by atoms with van der Waals surface area (Å²) in [7, 11) is 1.61. The van der Waals surface area contributed by atoms with Crippen LogP contribution in [-0.2, 0) is 0 Å². The summed E-state index contributed by atoms with van der Waals surface area (Å²) in [6, 6.07) is 14.8. The molecule has 0 aliphatic carbocycles. The number of ether oxygens (including phenoxy) is 1. The highest BCUT2D eigenvalue weighted by Crippen LogP contribution is 2.34. The number of carbonyl (C=O) groups excluding carboxylic acids is 1. The van der Waals surface area contributed by atoms with Crippen molar-refractivity contribution < 1.29 is 14.1 Å². The topological polar surface area (TPSA) is 80.5 Å². The zero-order valence-electron chi connectivity index (χ0n) is 15.9. The SMILES string of the molecule is COc1ccccc1-c1noc([C@H]2CCCN2C(=O)Nc2ccccc2C)n1. The van der Waals surface area contributed by atoms with E-state index in [1.807, 2.05) is 55.5 Å². The molecule has 1 aromatic heterocycles. The molecule has 7 heteroatoms. The molecule has 3 aromatic rings. The van der Waals surface area contributed by atoms with Crippen molar-refractivity contribution in [2.45, 2.75) is 25.8 Å². The van der Waals surface area contributed by atoms with E-state index < -0.39 is 0 Å². The average molecular weight is 378 g/mol. The van der Waals surface area contributed by atoms with Gasteiger partial charge in [-0.15, -0.1) is 0 Å².